The zero-order valence-corrected chi connectivity index (χ0v) is 29.3. The fourth-order valence-corrected chi connectivity index (χ4v) is 5.91. The quantitative estimate of drug-likeness (QED) is 0.347. The van der Waals surface area contributed by atoms with Crippen LogP contribution in [0.15, 0.2) is 42.5 Å². The van der Waals surface area contributed by atoms with Gasteiger partial charge in [0.2, 0.25) is 0 Å². The van der Waals surface area contributed by atoms with Crippen molar-refractivity contribution in [3.8, 4) is 5.75 Å². The molecule has 3 aliphatic rings. The highest BCUT2D eigenvalue weighted by Crippen LogP contribution is 2.41. The molecule has 0 fully saturated rings. The van der Waals surface area contributed by atoms with Gasteiger partial charge in [-0.05, 0) is 119 Å². The summed E-state index contributed by atoms with van der Waals surface area (Å²) in [5.41, 5.74) is -4.43. The molecule has 2 aromatic rings. The lowest BCUT2D eigenvalue weighted by molar-refractivity contribution is -0.539. The zero-order valence-electron chi connectivity index (χ0n) is 29.3. The average molecular weight is 651 g/mol. The lowest BCUT2D eigenvalue weighted by Crippen LogP contribution is -2.53. The Kier molecular flexibility index (Phi) is 7.45. The molecule has 0 saturated heterocycles. The average Bonchev–Trinajstić information content (AvgIpc) is 3.25. The number of ether oxygens (including phenoxy) is 1. The van der Waals surface area contributed by atoms with E-state index in [-0.39, 0.29) is 41.0 Å². The molecular formula is C34H46N6O7. The molecule has 0 aliphatic carbocycles. The molecule has 1 N–H and O–H groups in total. The van der Waals surface area contributed by atoms with Gasteiger partial charge in [-0.15, -0.1) is 5.06 Å². The van der Waals surface area contributed by atoms with E-state index in [1.807, 2.05) is 0 Å². The summed E-state index contributed by atoms with van der Waals surface area (Å²) in [6.07, 6.45) is 0. The van der Waals surface area contributed by atoms with Crippen LogP contribution in [0.25, 0.3) is 0 Å². The van der Waals surface area contributed by atoms with Crippen LogP contribution in [0, 0.1) is 15.6 Å². The molecule has 0 bridgehead atoms. The monoisotopic (exact) mass is 650 g/mol. The first-order valence-electron chi connectivity index (χ1n) is 15.7. The molecular weight excluding hydrogens is 604 g/mol. The van der Waals surface area contributed by atoms with Crippen molar-refractivity contribution in [1.29, 1.82) is 0 Å². The summed E-state index contributed by atoms with van der Waals surface area (Å²) in [4.78, 5) is 0. The van der Waals surface area contributed by atoms with E-state index >= 15 is 0 Å². The smallest absolute Gasteiger partial charge is 0.316 e. The van der Waals surface area contributed by atoms with Crippen LogP contribution in [-0.4, -0.2) is 85.4 Å². The Bertz CT molecular complexity index is 1650. The topological polar surface area (TPSA) is 157 Å². The van der Waals surface area contributed by atoms with Crippen molar-refractivity contribution in [2.75, 3.05) is 0 Å². The van der Waals surface area contributed by atoms with Crippen molar-refractivity contribution in [1.82, 2.24) is 15.2 Å². The van der Waals surface area contributed by atoms with Crippen LogP contribution < -0.4 is 4.74 Å². The highest BCUT2D eigenvalue weighted by Gasteiger charge is 2.62. The fourth-order valence-electron chi connectivity index (χ4n) is 5.91. The van der Waals surface area contributed by atoms with Gasteiger partial charge in [-0.2, -0.15) is 0 Å². The Morgan fingerprint density at radius 1 is 0.596 bits per heavy atom. The van der Waals surface area contributed by atoms with Crippen LogP contribution in [0.5, 0.6) is 5.75 Å². The van der Waals surface area contributed by atoms with Gasteiger partial charge in [0.1, 0.15) is 29.0 Å². The predicted octanol–water partition coefficient (Wildman–Crippen LogP) is 4.73. The number of hydrogen-bond acceptors (Lipinski definition) is 8. The maximum absolute atomic E-state index is 13.6. The van der Waals surface area contributed by atoms with Crippen molar-refractivity contribution >= 4 is 17.5 Å². The fraction of sp³-hybridized carbons (Fsp3) is 0.559. The van der Waals surface area contributed by atoms with E-state index in [0.717, 1.165) is 15.4 Å². The first-order chi connectivity index (χ1) is 21.3. The molecule has 13 nitrogen and oxygen atoms in total. The van der Waals surface area contributed by atoms with E-state index in [0.29, 0.717) is 25.2 Å². The molecule has 0 atom stereocenters. The number of hydroxylamine groups is 9. The highest BCUT2D eigenvalue weighted by atomic mass is 16.6. The molecule has 0 aromatic heterocycles. The molecule has 47 heavy (non-hydrogen) atoms. The molecule has 0 saturated carbocycles. The Hall–Kier alpha value is -4.07. The van der Waals surface area contributed by atoms with Gasteiger partial charge in [-0.3, -0.25) is 14.2 Å². The number of amidine groups is 3. The maximum atomic E-state index is 13.6. The van der Waals surface area contributed by atoms with Crippen LogP contribution in [0.1, 0.15) is 105 Å². The molecule has 0 unspecified atom stereocenters. The van der Waals surface area contributed by atoms with Crippen molar-refractivity contribution in [3.63, 3.8) is 0 Å². The van der Waals surface area contributed by atoms with Gasteiger partial charge in [-0.25, -0.2) is 5.21 Å². The molecule has 13 heteroatoms. The van der Waals surface area contributed by atoms with Crippen molar-refractivity contribution < 1.29 is 34.6 Å². The lowest BCUT2D eigenvalue weighted by Gasteiger charge is -2.33. The van der Waals surface area contributed by atoms with E-state index < -0.39 is 33.2 Å². The van der Waals surface area contributed by atoms with Crippen LogP contribution in [0.3, 0.4) is 0 Å². The predicted molar refractivity (Wildman–Crippen MR) is 174 cm³/mol. The van der Waals surface area contributed by atoms with Crippen molar-refractivity contribution in [3.05, 3.63) is 80.3 Å². The summed E-state index contributed by atoms with van der Waals surface area (Å²) in [7, 11) is 0. The third-order valence-corrected chi connectivity index (χ3v) is 11.8. The minimum absolute atomic E-state index is 0.0441. The van der Waals surface area contributed by atoms with E-state index in [9.17, 15) is 31.2 Å². The Morgan fingerprint density at radius 2 is 0.979 bits per heavy atom. The summed E-state index contributed by atoms with van der Waals surface area (Å²) < 4.78 is 8.33. The van der Waals surface area contributed by atoms with Gasteiger partial charge >= 0.3 is 17.5 Å². The van der Waals surface area contributed by atoms with Gasteiger partial charge in [0.15, 0.2) is 16.6 Å². The SMILES string of the molecule is CC1(C)N([O])C(c2cc(OCc3ccc(C4=[N+]([O-])C(C)(C)C(C)(C)N4O)cc3)cc(C3=[N+]([O-])C(C)(C)C(C)(C)N3[O])c2)=[N+]([O-])C1(C)C. The van der Waals surface area contributed by atoms with E-state index in [1.54, 1.807) is 119 Å². The van der Waals surface area contributed by atoms with Gasteiger partial charge in [-0.1, -0.05) is 22.3 Å². The highest BCUT2D eigenvalue weighted by molar-refractivity contribution is 6.02. The summed E-state index contributed by atoms with van der Waals surface area (Å²) >= 11 is 0. The Balaban J connectivity index is 1.54. The number of nitrogens with zero attached hydrogens (tertiary/aromatic N) is 6. The molecule has 5 rings (SSSR count). The molecule has 254 valence electrons. The second kappa shape index (κ2) is 10.2. The second-order valence-electron chi connectivity index (χ2n) is 15.8. The molecule has 3 aliphatic heterocycles. The molecule has 2 aromatic carbocycles. The van der Waals surface area contributed by atoms with Crippen molar-refractivity contribution in [2.24, 2.45) is 0 Å². The van der Waals surface area contributed by atoms with E-state index in [2.05, 4.69) is 0 Å². The van der Waals surface area contributed by atoms with E-state index in [1.165, 1.54) is 6.07 Å². The van der Waals surface area contributed by atoms with Gasteiger partial charge in [0.25, 0.3) is 0 Å². The van der Waals surface area contributed by atoms with Gasteiger partial charge < -0.3 is 20.4 Å². The third-order valence-electron chi connectivity index (χ3n) is 11.8. The zero-order chi connectivity index (χ0) is 35.4. The Labute approximate surface area is 276 Å². The van der Waals surface area contributed by atoms with Crippen LogP contribution >= 0.6 is 0 Å². The number of benzene rings is 2. The molecule has 3 heterocycles. The van der Waals surface area contributed by atoms with Crippen LogP contribution in [0.4, 0.5) is 0 Å². The first-order valence-corrected chi connectivity index (χ1v) is 15.7. The minimum Gasteiger partial charge on any atom is -0.714 e. The summed E-state index contributed by atoms with van der Waals surface area (Å²) in [5.74, 6) is 0.0601. The van der Waals surface area contributed by atoms with Gasteiger partial charge in [0.05, 0.1) is 16.7 Å². The largest absolute Gasteiger partial charge is 0.714 e. The van der Waals surface area contributed by atoms with Crippen LogP contribution in [0.2, 0.25) is 0 Å². The first kappa shape index (κ1) is 34.3. The van der Waals surface area contributed by atoms with E-state index in [4.69, 9.17) is 4.74 Å². The minimum atomic E-state index is -1.09. The maximum Gasteiger partial charge on any atom is 0.316 e. The summed E-state index contributed by atoms with van der Waals surface area (Å²) in [6.45, 7) is 20.7. The molecule has 0 amide bonds. The summed E-state index contributed by atoms with van der Waals surface area (Å²) in [5, 5.41) is 80.6. The van der Waals surface area contributed by atoms with Crippen molar-refractivity contribution in [2.45, 2.75) is 123 Å². The standard InChI is InChI=1S/C34H46N6O7/c1-29(2)30(3,4)36(42)26(35(29)41)22-15-13-21(14-16-22)20-47-25-18-23(27-37(43)31(5,6)32(7,8)38(27)44)17-24(19-25)28-39(45)33(9,10)34(11,12)40(28)46/h13-19,41H,20H2,1-12H3. The number of hydrogen-bond donors (Lipinski definition) is 1. The van der Waals surface area contributed by atoms with Gasteiger partial charge in [0, 0.05) is 10.4 Å². The normalized spacial score (nSPS) is 23.8. The Morgan fingerprint density at radius 3 is 1.32 bits per heavy atom. The van der Waals surface area contributed by atoms with Crippen LogP contribution in [-0.2, 0) is 17.0 Å². The third kappa shape index (κ3) is 4.50. The second-order valence-corrected chi connectivity index (χ2v) is 15.8. The lowest BCUT2D eigenvalue weighted by atomic mass is 9.84. The molecule has 0 spiro atoms. The summed E-state index contributed by atoms with van der Waals surface area (Å²) in [6, 6.07) is 11.6. The number of rotatable bonds is 6. The molecule has 2 radical (unpaired) electrons.